The number of nitrogens with zero attached hydrogens (tertiary/aromatic N) is 2. The molecular weight excluding hydrogens is 222 g/mol. The van der Waals surface area contributed by atoms with E-state index in [0.29, 0.717) is 6.42 Å². The second-order valence-corrected chi connectivity index (χ2v) is 2.80. The van der Waals surface area contributed by atoms with Gasteiger partial charge in [0, 0.05) is 6.54 Å². The van der Waals surface area contributed by atoms with Crippen molar-refractivity contribution >= 4 is 11.9 Å². The van der Waals surface area contributed by atoms with Crippen LogP contribution < -0.4 is 16.6 Å². The number of guanidine groups is 1. The van der Waals surface area contributed by atoms with Crippen LogP contribution in [0.15, 0.2) is 4.99 Å². The molecule has 0 heterocycles. The summed E-state index contributed by atoms with van der Waals surface area (Å²) in [7, 11) is 0. The zero-order valence-corrected chi connectivity index (χ0v) is 8.29. The lowest BCUT2D eigenvalue weighted by atomic mass is 10.2. The molecule has 10 heteroatoms. The third-order valence-corrected chi connectivity index (χ3v) is 1.59. The molecule has 0 fully saturated rings. The summed E-state index contributed by atoms with van der Waals surface area (Å²) in [5, 5.41) is 26.0. The lowest BCUT2D eigenvalue weighted by Gasteiger charge is -2.07. The highest BCUT2D eigenvalue weighted by molar-refractivity contribution is 5.76. The largest absolute Gasteiger partial charge is 0.480 e. The highest BCUT2D eigenvalue weighted by Gasteiger charge is 2.14. The van der Waals surface area contributed by atoms with Gasteiger partial charge in [-0.2, -0.15) is 5.48 Å². The Morgan fingerprint density at radius 1 is 1.62 bits per heavy atom. The number of carboxylic acids is 1. The van der Waals surface area contributed by atoms with Gasteiger partial charge in [-0.15, -0.1) is 0 Å². The summed E-state index contributed by atoms with van der Waals surface area (Å²) >= 11 is 0. The first-order valence-electron chi connectivity index (χ1n) is 4.30. The lowest BCUT2D eigenvalue weighted by molar-refractivity contribution is -0.525. The molecule has 0 spiro atoms. The molecule has 0 aliphatic rings. The Labute approximate surface area is 90.2 Å². The van der Waals surface area contributed by atoms with Gasteiger partial charge in [-0.05, 0) is 12.8 Å². The number of hydrogen-bond donors (Lipinski definition) is 5. The Morgan fingerprint density at radius 3 is 2.69 bits per heavy atom. The average Bonchev–Trinajstić information content (AvgIpc) is 2.16. The van der Waals surface area contributed by atoms with Crippen LogP contribution in [-0.4, -0.2) is 39.9 Å². The Kier molecular flexibility index (Phi) is 6.47. The van der Waals surface area contributed by atoms with Gasteiger partial charge in [0.25, 0.3) is 5.96 Å². The van der Waals surface area contributed by atoms with Crippen molar-refractivity contribution in [3.8, 4) is 0 Å². The molecule has 0 aromatic carbocycles. The van der Waals surface area contributed by atoms with Crippen LogP contribution in [0.5, 0.6) is 0 Å². The number of carbonyl (C=O) groups is 1. The molecule has 0 amide bonds. The summed E-state index contributed by atoms with van der Waals surface area (Å²) in [5.41, 5.74) is 8.35. The maximum Gasteiger partial charge on any atom is 0.323 e. The number of nitrogens with one attached hydrogen (secondary N) is 2. The number of rotatable bonds is 7. The quantitative estimate of drug-likeness (QED) is 0.114. The first kappa shape index (κ1) is 14.1. The minimum atomic E-state index is -1.19. The Bertz CT molecular complexity index is 280. The van der Waals surface area contributed by atoms with E-state index >= 15 is 0 Å². The Morgan fingerprint density at radius 2 is 2.25 bits per heavy atom. The molecule has 0 radical (unpaired) electrons. The van der Waals surface area contributed by atoms with Crippen LogP contribution >= 0.6 is 0 Å². The highest BCUT2D eigenvalue weighted by atomic mass is 16.7. The van der Waals surface area contributed by atoms with Crippen LogP contribution in [0.2, 0.25) is 0 Å². The lowest BCUT2D eigenvalue weighted by Crippen LogP contribution is -2.36. The Balaban J connectivity index is 3.81. The van der Waals surface area contributed by atoms with Crippen LogP contribution in [0.4, 0.5) is 0 Å². The number of aliphatic carboxylic acids is 1. The van der Waals surface area contributed by atoms with Crippen LogP contribution in [0, 0.1) is 10.1 Å². The van der Waals surface area contributed by atoms with Crippen molar-refractivity contribution in [1.29, 1.82) is 0 Å². The van der Waals surface area contributed by atoms with E-state index in [1.807, 2.05) is 0 Å². The number of aliphatic imine (C=N–C) groups is 1. The molecule has 0 aromatic heterocycles. The van der Waals surface area contributed by atoms with Gasteiger partial charge in [0.2, 0.25) is 0 Å². The molecule has 0 aliphatic heterocycles. The normalized spacial score (nSPS) is 13.2. The fourth-order valence-corrected chi connectivity index (χ4v) is 0.867. The predicted octanol–water partition coefficient (Wildman–Crippen LogP) is -1.71. The smallest absolute Gasteiger partial charge is 0.323 e. The number of hydrazine groups is 1. The van der Waals surface area contributed by atoms with Gasteiger partial charge >= 0.3 is 5.97 Å². The van der Waals surface area contributed by atoms with E-state index in [1.54, 1.807) is 10.9 Å². The molecular formula is C6H13N5O5. The van der Waals surface area contributed by atoms with Crippen molar-refractivity contribution in [2.45, 2.75) is 18.9 Å². The van der Waals surface area contributed by atoms with E-state index in [1.165, 1.54) is 0 Å². The van der Waals surface area contributed by atoms with Crippen molar-refractivity contribution in [2.24, 2.45) is 10.7 Å². The SMILES string of the molecule is NC(=NCCC[C@H](NO)C(=O)O)N[N+](=O)[O-]. The molecule has 0 unspecified atom stereocenters. The van der Waals surface area contributed by atoms with E-state index in [2.05, 4.69) is 4.99 Å². The second-order valence-electron chi connectivity index (χ2n) is 2.80. The summed E-state index contributed by atoms with van der Waals surface area (Å²) in [6.07, 6.45) is 0.436. The zero-order valence-electron chi connectivity index (χ0n) is 8.29. The van der Waals surface area contributed by atoms with Crippen LogP contribution in [0.3, 0.4) is 0 Å². The number of hydrogen-bond acceptors (Lipinski definition) is 6. The zero-order chi connectivity index (χ0) is 12.6. The molecule has 0 aromatic rings. The molecule has 0 saturated carbocycles. The minimum Gasteiger partial charge on any atom is -0.480 e. The van der Waals surface area contributed by atoms with Gasteiger partial charge in [-0.3, -0.25) is 4.79 Å². The fraction of sp³-hybridized carbons (Fsp3) is 0.667. The predicted molar refractivity (Wildman–Crippen MR) is 52.2 cm³/mol. The fourth-order valence-electron chi connectivity index (χ4n) is 0.867. The molecule has 0 bridgehead atoms. The second kappa shape index (κ2) is 7.36. The molecule has 0 rings (SSSR count). The van der Waals surface area contributed by atoms with Gasteiger partial charge in [0.05, 0.1) is 0 Å². The summed E-state index contributed by atoms with van der Waals surface area (Å²) in [5.74, 6) is -1.54. The molecule has 0 saturated heterocycles. The minimum absolute atomic E-state index is 0.123. The van der Waals surface area contributed by atoms with E-state index in [-0.39, 0.29) is 18.9 Å². The van der Waals surface area contributed by atoms with Crippen molar-refractivity contribution in [3.05, 3.63) is 10.1 Å². The maximum atomic E-state index is 10.4. The summed E-state index contributed by atoms with van der Waals surface area (Å²) in [4.78, 5) is 23.9. The molecule has 1 atom stereocenters. The van der Waals surface area contributed by atoms with Crippen LogP contribution in [0.25, 0.3) is 0 Å². The number of carboxylic acid groups (broad SMARTS) is 1. The van der Waals surface area contributed by atoms with Gasteiger partial charge in [-0.1, -0.05) is 5.43 Å². The average molecular weight is 235 g/mol. The monoisotopic (exact) mass is 235 g/mol. The van der Waals surface area contributed by atoms with Crippen LogP contribution in [-0.2, 0) is 4.79 Å². The topological polar surface area (TPSA) is 163 Å². The van der Waals surface area contributed by atoms with E-state index in [0.717, 1.165) is 0 Å². The van der Waals surface area contributed by atoms with Crippen LogP contribution in [0.1, 0.15) is 12.8 Å². The molecule has 0 aliphatic carbocycles. The van der Waals surface area contributed by atoms with Crippen molar-refractivity contribution in [3.63, 3.8) is 0 Å². The third kappa shape index (κ3) is 6.50. The summed E-state index contributed by atoms with van der Waals surface area (Å²) < 4.78 is 0. The van der Waals surface area contributed by atoms with Crippen molar-refractivity contribution in [2.75, 3.05) is 6.54 Å². The molecule has 16 heavy (non-hydrogen) atoms. The summed E-state index contributed by atoms with van der Waals surface area (Å²) in [6, 6.07) is -1.08. The summed E-state index contributed by atoms with van der Waals surface area (Å²) in [6.45, 7) is 0.123. The van der Waals surface area contributed by atoms with Crippen molar-refractivity contribution in [1.82, 2.24) is 10.9 Å². The van der Waals surface area contributed by atoms with E-state index in [9.17, 15) is 14.9 Å². The van der Waals surface area contributed by atoms with Crippen molar-refractivity contribution < 1.29 is 20.1 Å². The van der Waals surface area contributed by atoms with Gasteiger partial charge in [0.15, 0.2) is 5.03 Å². The van der Waals surface area contributed by atoms with Gasteiger partial charge < -0.3 is 16.0 Å². The molecule has 6 N–H and O–H groups in total. The maximum absolute atomic E-state index is 10.4. The van der Waals surface area contributed by atoms with Gasteiger partial charge in [0.1, 0.15) is 6.04 Å². The molecule has 92 valence electrons. The third-order valence-electron chi connectivity index (χ3n) is 1.59. The standard InChI is InChI=1S/C6H13N5O5/c7-6(9-11(15)16)8-3-1-2-4(10-14)5(12)13/h4,10,14H,1-3H2,(H,12,13)(H3,7,8,9)/t4-/m0/s1. The Hall–Kier alpha value is -1.94. The number of hydroxylamine groups is 1. The highest BCUT2D eigenvalue weighted by Crippen LogP contribution is 1.97. The number of nitro groups is 1. The number of nitrogens with two attached hydrogens (primary N) is 1. The van der Waals surface area contributed by atoms with E-state index in [4.69, 9.17) is 16.0 Å². The first-order valence-corrected chi connectivity index (χ1v) is 4.30. The first-order chi connectivity index (χ1) is 7.47. The van der Waals surface area contributed by atoms with Gasteiger partial charge in [-0.25, -0.2) is 15.1 Å². The van der Waals surface area contributed by atoms with E-state index < -0.39 is 17.0 Å². The molecule has 10 nitrogen and oxygen atoms in total.